The lowest BCUT2D eigenvalue weighted by molar-refractivity contribution is -0.136. The molecule has 3 heterocycles. The third-order valence-electron chi connectivity index (χ3n) is 5.41. The van der Waals surface area contributed by atoms with Crippen molar-refractivity contribution in [3.8, 4) is 0 Å². The fourth-order valence-electron chi connectivity index (χ4n) is 3.95. The number of carbonyl (C=O) groups is 1. The molecule has 0 radical (unpaired) electrons. The van der Waals surface area contributed by atoms with E-state index in [0.29, 0.717) is 24.5 Å². The van der Waals surface area contributed by atoms with Gasteiger partial charge in [-0.05, 0) is 57.6 Å². The molecule has 4 nitrogen and oxygen atoms in total. The van der Waals surface area contributed by atoms with Gasteiger partial charge in [0.1, 0.15) is 0 Å². The van der Waals surface area contributed by atoms with E-state index in [2.05, 4.69) is 41.6 Å². The van der Waals surface area contributed by atoms with Gasteiger partial charge < -0.3 is 15.1 Å². The smallest absolute Gasteiger partial charge is 0.222 e. The Morgan fingerprint density at radius 2 is 2.00 bits per heavy atom. The molecule has 2 atom stereocenters. The lowest BCUT2D eigenvalue weighted by Gasteiger charge is -2.42. The predicted molar refractivity (Wildman–Crippen MR) is 95.7 cm³/mol. The molecular formula is C18H29N3OS. The van der Waals surface area contributed by atoms with E-state index in [1.165, 1.54) is 30.8 Å². The highest BCUT2D eigenvalue weighted by atomic mass is 32.1. The third kappa shape index (κ3) is 3.78. The molecule has 1 amide bonds. The Morgan fingerprint density at radius 3 is 2.61 bits per heavy atom. The van der Waals surface area contributed by atoms with Crippen molar-refractivity contribution in [2.75, 3.05) is 20.1 Å². The van der Waals surface area contributed by atoms with E-state index in [9.17, 15) is 4.79 Å². The Bertz CT molecular complexity index is 508. The SMILES string of the molecule is CC(C)N1CCC(N[C@@H]2CCC(=O)N(C)[C@@H]2c2cccs2)CC1. The van der Waals surface area contributed by atoms with E-state index in [4.69, 9.17) is 0 Å². The second-order valence-corrected chi connectivity index (χ2v) is 8.16. The van der Waals surface area contributed by atoms with Crippen LogP contribution in [0, 0.1) is 0 Å². The third-order valence-corrected chi connectivity index (χ3v) is 6.35. The molecule has 1 aromatic heterocycles. The topological polar surface area (TPSA) is 35.6 Å². The van der Waals surface area contributed by atoms with Crippen LogP contribution in [0.1, 0.15) is 50.4 Å². The van der Waals surface area contributed by atoms with Gasteiger partial charge in [0.05, 0.1) is 6.04 Å². The van der Waals surface area contributed by atoms with Crippen LogP contribution in [-0.4, -0.2) is 54.0 Å². The van der Waals surface area contributed by atoms with Gasteiger partial charge in [-0.15, -0.1) is 11.3 Å². The average molecular weight is 336 g/mol. The quantitative estimate of drug-likeness (QED) is 0.919. The molecule has 0 bridgehead atoms. The van der Waals surface area contributed by atoms with Crippen LogP contribution in [0.4, 0.5) is 0 Å². The maximum atomic E-state index is 12.2. The molecule has 0 saturated carbocycles. The van der Waals surface area contributed by atoms with Crippen molar-refractivity contribution in [2.45, 2.75) is 63.7 Å². The maximum absolute atomic E-state index is 12.2. The molecule has 1 N–H and O–H groups in total. The number of amides is 1. The van der Waals surface area contributed by atoms with Gasteiger partial charge in [-0.1, -0.05) is 6.07 Å². The van der Waals surface area contributed by atoms with Gasteiger partial charge in [0.25, 0.3) is 0 Å². The van der Waals surface area contributed by atoms with Crippen molar-refractivity contribution in [1.82, 2.24) is 15.1 Å². The first-order valence-electron chi connectivity index (χ1n) is 8.85. The van der Waals surface area contributed by atoms with E-state index in [0.717, 1.165) is 6.42 Å². The standard InChI is InChI=1S/C18H29N3OS/c1-13(2)21-10-8-14(9-11-21)19-15-6-7-17(22)20(3)18(15)16-5-4-12-23-16/h4-5,12-15,18-19H,6-11H2,1-3H3/t15-,18+/m1/s1. The molecule has 0 spiro atoms. The number of nitrogens with one attached hydrogen (secondary N) is 1. The molecule has 2 fully saturated rings. The Morgan fingerprint density at radius 1 is 1.26 bits per heavy atom. The lowest BCUT2D eigenvalue weighted by atomic mass is 9.92. The van der Waals surface area contributed by atoms with Crippen LogP contribution in [0.2, 0.25) is 0 Å². The molecule has 2 aliphatic heterocycles. The monoisotopic (exact) mass is 335 g/mol. The van der Waals surface area contributed by atoms with E-state index < -0.39 is 0 Å². The van der Waals surface area contributed by atoms with E-state index in [-0.39, 0.29) is 11.9 Å². The van der Waals surface area contributed by atoms with Gasteiger partial charge in [-0.2, -0.15) is 0 Å². The number of likely N-dealkylation sites (N-methyl/N-ethyl adjacent to an activating group) is 1. The Kier molecular flexibility index (Phi) is 5.39. The van der Waals surface area contributed by atoms with Crippen molar-refractivity contribution < 1.29 is 4.79 Å². The molecule has 23 heavy (non-hydrogen) atoms. The molecule has 0 aliphatic carbocycles. The van der Waals surface area contributed by atoms with Gasteiger partial charge in [-0.25, -0.2) is 0 Å². The van der Waals surface area contributed by atoms with E-state index >= 15 is 0 Å². The second-order valence-electron chi connectivity index (χ2n) is 7.18. The van der Waals surface area contributed by atoms with Gasteiger partial charge in [0.15, 0.2) is 0 Å². The zero-order chi connectivity index (χ0) is 16.4. The maximum Gasteiger partial charge on any atom is 0.222 e. The Balaban J connectivity index is 1.65. The first-order chi connectivity index (χ1) is 11.1. The summed E-state index contributed by atoms with van der Waals surface area (Å²) in [4.78, 5) is 18.0. The number of likely N-dealkylation sites (tertiary alicyclic amines) is 2. The lowest BCUT2D eigenvalue weighted by Crippen LogP contribution is -2.54. The summed E-state index contributed by atoms with van der Waals surface area (Å²) in [5, 5.41) is 6.00. The van der Waals surface area contributed by atoms with Gasteiger partial charge in [0, 0.05) is 36.5 Å². The minimum Gasteiger partial charge on any atom is -0.336 e. The largest absolute Gasteiger partial charge is 0.336 e. The first-order valence-corrected chi connectivity index (χ1v) is 9.73. The summed E-state index contributed by atoms with van der Waals surface area (Å²) in [7, 11) is 1.96. The van der Waals surface area contributed by atoms with Crippen molar-refractivity contribution in [3.63, 3.8) is 0 Å². The molecule has 2 aliphatic rings. The predicted octanol–water partition coefficient (Wildman–Crippen LogP) is 2.87. The number of rotatable bonds is 4. The molecule has 2 saturated heterocycles. The van der Waals surface area contributed by atoms with Crippen molar-refractivity contribution >= 4 is 17.2 Å². The summed E-state index contributed by atoms with van der Waals surface area (Å²) in [6.45, 7) is 6.92. The fourth-order valence-corrected chi connectivity index (χ4v) is 4.88. The highest BCUT2D eigenvalue weighted by molar-refractivity contribution is 7.10. The highest BCUT2D eigenvalue weighted by Crippen LogP contribution is 2.34. The zero-order valence-electron chi connectivity index (χ0n) is 14.5. The molecule has 1 aromatic rings. The van der Waals surface area contributed by atoms with Crippen LogP contribution in [0.3, 0.4) is 0 Å². The summed E-state index contributed by atoms with van der Waals surface area (Å²) in [6.07, 6.45) is 4.05. The summed E-state index contributed by atoms with van der Waals surface area (Å²) in [6, 6.07) is 6.06. The molecular weight excluding hydrogens is 306 g/mol. The van der Waals surface area contributed by atoms with Gasteiger partial charge >= 0.3 is 0 Å². The minimum absolute atomic E-state index is 0.194. The zero-order valence-corrected chi connectivity index (χ0v) is 15.3. The second kappa shape index (κ2) is 7.32. The Hall–Kier alpha value is -0.910. The fraction of sp³-hybridized carbons (Fsp3) is 0.722. The Labute approximate surface area is 143 Å². The van der Waals surface area contributed by atoms with Crippen LogP contribution >= 0.6 is 11.3 Å². The molecule has 0 unspecified atom stereocenters. The van der Waals surface area contributed by atoms with Gasteiger partial charge in [0.2, 0.25) is 5.91 Å². The molecule has 0 aromatic carbocycles. The van der Waals surface area contributed by atoms with Crippen LogP contribution in [0.25, 0.3) is 0 Å². The number of nitrogens with zero attached hydrogens (tertiary/aromatic N) is 2. The summed E-state index contributed by atoms with van der Waals surface area (Å²) >= 11 is 1.76. The molecule has 3 rings (SSSR count). The number of thiophene rings is 1. The van der Waals surface area contributed by atoms with Crippen LogP contribution < -0.4 is 5.32 Å². The van der Waals surface area contributed by atoms with E-state index in [1.54, 1.807) is 11.3 Å². The highest BCUT2D eigenvalue weighted by Gasteiger charge is 2.36. The summed E-state index contributed by atoms with van der Waals surface area (Å²) < 4.78 is 0. The summed E-state index contributed by atoms with van der Waals surface area (Å²) in [5.41, 5.74) is 0. The number of hydrogen-bond acceptors (Lipinski definition) is 4. The molecule has 128 valence electrons. The number of carbonyl (C=O) groups excluding carboxylic acids is 1. The van der Waals surface area contributed by atoms with E-state index in [1.807, 2.05) is 11.9 Å². The van der Waals surface area contributed by atoms with Crippen LogP contribution in [-0.2, 0) is 4.79 Å². The van der Waals surface area contributed by atoms with Crippen molar-refractivity contribution in [1.29, 1.82) is 0 Å². The normalized spacial score (nSPS) is 27.8. The molecule has 5 heteroatoms. The van der Waals surface area contributed by atoms with Crippen molar-refractivity contribution in [2.24, 2.45) is 0 Å². The minimum atomic E-state index is 0.194. The number of piperidine rings is 2. The summed E-state index contributed by atoms with van der Waals surface area (Å²) in [5.74, 6) is 0.274. The number of hydrogen-bond donors (Lipinski definition) is 1. The van der Waals surface area contributed by atoms with Crippen LogP contribution in [0.15, 0.2) is 17.5 Å². The van der Waals surface area contributed by atoms with Gasteiger partial charge in [-0.3, -0.25) is 4.79 Å². The van der Waals surface area contributed by atoms with Crippen LogP contribution in [0.5, 0.6) is 0 Å². The van der Waals surface area contributed by atoms with Crippen molar-refractivity contribution in [3.05, 3.63) is 22.4 Å². The first kappa shape index (κ1) is 16.9. The average Bonchev–Trinajstić information content (AvgIpc) is 3.06.